The molecule has 0 aliphatic heterocycles. The van der Waals surface area contributed by atoms with E-state index in [0.717, 1.165) is 18.2 Å². The van der Waals surface area contributed by atoms with Gasteiger partial charge in [0.15, 0.2) is 0 Å². The van der Waals surface area contributed by atoms with E-state index in [2.05, 4.69) is 0 Å². The van der Waals surface area contributed by atoms with Crippen molar-refractivity contribution >= 4 is 18.0 Å². The van der Waals surface area contributed by atoms with Gasteiger partial charge in [-0.25, -0.2) is 4.39 Å². The monoisotopic (exact) mass is 291 g/mol. The van der Waals surface area contributed by atoms with Gasteiger partial charge in [0, 0.05) is 11.6 Å². The van der Waals surface area contributed by atoms with Gasteiger partial charge in [-0.2, -0.15) is 13.2 Å². The molecule has 1 aromatic carbocycles. The molecule has 0 aliphatic carbocycles. The van der Waals surface area contributed by atoms with Crippen molar-refractivity contribution in [2.24, 2.45) is 0 Å². The van der Waals surface area contributed by atoms with E-state index in [4.69, 9.17) is 5.11 Å². The first-order valence-corrected chi connectivity index (χ1v) is 5.24. The Morgan fingerprint density at radius 2 is 1.95 bits per heavy atom. The molecule has 1 aromatic rings. The van der Waals surface area contributed by atoms with Gasteiger partial charge < -0.3 is 10.4 Å². The number of rotatable bonds is 4. The van der Waals surface area contributed by atoms with Gasteiger partial charge in [-0.1, -0.05) is 6.07 Å². The third-order valence-electron chi connectivity index (χ3n) is 2.16. The minimum Gasteiger partial charge on any atom is -0.480 e. The van der Waals surface area contributed by atoms with Crippen molar-refractivity contribution in [3.63, 3.8) is 0 Å². The van der Waals surface area contributed by atoms with Gasteiger partial charge >= 0.3 is 12.1 Å². The van der Waals surface area contributed by atoms with Crippen molar-refractivity contribution in [1.82, 2.24) is 5.32 Å². The molecule has 0 atom stereocenters. The van der Waals surface area contributed by atoms with Gasteiger partial charge in [-0.3, -0.25) is 9.59 Å². The summed E-state index contributed by atoms with van der Waals surface area (Å²) >= 11 is 0. The largest absolute Gasteiger partial charge is 0.480 e. The molecule has 1 rings (SSSR count). The number of carbonyl (C=O) groups excluding carboxylic acids is 1. The van der Waals surface area contributed by atoms with Crippen LogP contribution < -0.4 is 5.32 Å². The minimum atomic E-state index is -4.65. The zero-order valence-electron chi connectivity index (χ0n) is 9.87. The first kappa shape index (κ1) is 15.7. The summed E-state index contributed by atoms with van der Waals surface area (Å²) in [5.74, 6) is -3.19. The Morgan fingerprint density at radius 3 is 2.45 bits per heavy atom. The van der Waals surface area contributed by atoms with E-state index >= 15 is 0 Å². The molecular weight excluding hydrogens is 282 g/mol. The van der Waals surface area contributed by atoms with Crippen LogP contribution in [0.5, 0.6) is 0 Å². The van der Waals surface area contributed by atoms with Crippen molar-refractivity contribution in [2.45, 2.75) is 6.18 Å². The second-order valence-electron chi connectivity index (χ2n) is 3.68. The highest BCUT2D eigenvalue weighted by atomic mass is 19.4. The van der Waals surface area contributed by atoms with Gasteiger partial charge in [-0.05, 0) is 18.2 Å². The number of amides is 1. The maximum absolute atomic E-state index is 13.4. The molecule has 0 saturated heterocycles. The molecule has 0 unspecified atom stereocenters. The summed E-state index contributed by atoms with van der Waals surface area (Å²) in [5.41, 5.74) is -1.36. The molecule has 0 heterocycles. The van der Waals surface area contributed by atoms with E-state index < -0.39 is 36.0 Å². The number of carboxylic acid groups (broad SMARTS) is 1. The fourth-order valence-electron chi connectivity index (χ4n) is 1.23. The molecule has 2 N–H and O–H groups in total. The Morgan fingerprint density at radius 1 is 1.30 bits per heavy atom. The molecule has 1 amide bonds. The van der Waals surface area contributed by atoms with Gasteiger partial charge in [-0.15, -0.1) is 0 Å². The number of aliphatic carboxylic acids is 1. The standard InChI is InChI=1S/C12H9F4NO3/c13-9-5-8(12(14,15)16)3-1-7(9)2-4-10(18)17-6-11(19)20/h1-5H,6H2,(H,17,18)(H,19,20)/b4-2-. The molecule has 0 bridgehead atoms. The molecule has 20 heavy (non-hydrogen) atoms. The number of alkyl halides is 3. The van der Waals surface area contributed by atoms with E-state index in [1.165, 1.54) is 0 Å². The number of benzene rings is 1. The molecule has 4 nitrogen and oxygen atoms in total. The number of nitrogens with one attached hydrogen (secondary N) is 1. The lowest BCUT2D eigenvalue weighted by molar-refractivity contribution is -0.138. The maximum atomic E-state index is 13.4. The molecule has 0 aromatic heterocycles. The van der Waals surface area contributed by atoms with Crippen molar-refractivity contribution in [3.05, 3.63) is 41.2 Å². The molecule has 0 aliphatic rings. The maximum Gasteiger partial charge on any atom is 0.416 e. The number of hydrogen-bond donors (Lipinski definition) is 2. The van der Waals surface area contributed by atoms with Crippen LogP contribution in [0.3, 0.4) is 0 Å². The normalized spacial score (nSPS) is 11.6. The van der Waals surface area contributed by atoms with Crippen LogP contribution in [0.1, 0.15) is 11.1 Å². The molecule has 0 spiro atoms. The second-order valence-corrected chi connectivity index (χ2v) is 3.68. The van der Waals surface area contributed by atoms with E-state index in [-0.39, 0.29) is 5.56 Å². The van der Waals surface area contributed by atoms with E-state index in [0.29, 0.717) is 12.1 Å². The first-order valence-electron chi connectivity index (χ1n) is 5.24. The van der Waals surface area contributed by atoms with Gasteiger partial charge in [0.25, 0.3) is 0 Å². The Bertz CT molecular complexity index is 552. The van der Waals surface area contributed by atoms with Crippen LogP contribution in [0.25, 0.3) is 6.08 Å². The van der Waals surface area contributed by atoms with Crippen LogP contribution >= 0.6 is 0 Å². The molecule has 0 saturated carbocycles. The highest BCUT2D eigenvalue weighted by Gasteiger charge is 2.30. The molecule has 0 radical (unpaired) electrons. The second kappa shape index (κ2) is 6.18. The van der Waals surface area contributed by atoms with Crippen LogP contribution in [0.4, 0.5) is 17.6 Å². The quantitative estimate of drug-likeness (QED) is 0.659. The number of carboxylic acids is 1. The number of hydrogen-bond acceptors (Lipinski definition) is 2. The summed E-state index contributed by atoms with van der Waals surface area (Å²) in [6.45, 7) is -0.612. The lowest BCUT2D eigenvalue weighted by atomic mass is 10.1. The van der Waals surface area contributed by atoms with Crippen molar-refractivity contribution in [3.8, 4) is 0 Å². The van der Waals surface area contributed by atoms with Crippen LogP contribution in [0.2, 0.25) is 0 Å². The van der Waals surface area contributed by atoms with Crippen LogP contribution in [0, 0.1) is 5.82 Å². The van der Waals surface area contributed by atoms with Gasteiger partial charge in [0.1, 0.15) is 12.4 Å². The van der Waals surface area contributed by atoms with Crippen molar-refractivity contribution in [1.29, 1.82) is 0 Å². The highest BCUT2D eigenvalue weighted by molar-refractivity contribution is 5.93. The number of carbonyl (C=O) groups is 2. The van der Waals surface area contributed by atoms with E-state index in [1.807, 2.05) is 5.32 Å². The highest BCUT2D eigenvalue weighted by Crippen LogP contribution is 2.30. The third-order valence-corrected chi connectivity index (χ3v) is 2.16. The smallest absolute Gasteiger partial charge is 0.416 e. The lowest BCUT2D eigenvalue weighted by Crippen LogP contribution is -2.27. The summed E-state index contributed by atoms with van der Waals surface area (Å²) in [6, 6.07) is 1.87. The Balaban J connectivity index is 2.78. The predicted molar refractivity (Wildman–Crippen MR) is 61.1 cm³/mol. The molecule has 0 fully saturated rings. The summed E-state index contributed by atoms with van der Waals surface area (Å²) < 4.78 is 50.2. The Labute approximate surface area is 110 Å². The summed E-state index contributed by atoms with van der Waals surface area (Å²) in [6.07, 6.45) is -2.87. The van der Waals surface area contributed by atoms with Gasteiger partial charge in [0.05, 0.1) is 5.56 Å². The Kier molecular flexibility index (Phi) is 4.84. The minimum absolute atomic E-state index is 0.219. The third kappa shape index (κ3) is 4.71. The van der Waals surface area contributed by atoms with Crippen molar-refractivity contribution in [2.75, 3.05) is 6.54 Å². The SMILES string of the molecule is O=C(O)CNC(=O)/C=C\c1ccc(C(F)(F)F)cc1F. The Hall–Kier alpha value is -2.38. The zero-order chi connectivity index (χ0) is 15.3. The first-order chi connectivity index (χ1) is 9.20. The van der Waals surface area contributed by atoms with E-state index in [1.54, 1.807) is 0 Å². The van der Waals surface area contributed by atoms with Crippen molar-refractivity contribution < 1.29 is 32.3 Å². The lowest BCUT2D eigenvalue weighted by Gasteiger charge is -2.07. The molecule has 108 valence electrons. The topological polar surface area (TPSA) is 66.4 Å². The summed E-state index contributed by atoms with van der Waals surface area (Å²) in [4.78, 5) is 21.3. The average molecular weight is 291 g/mol. The van der Waals surface area contributed by atoms with Crippen LogP contribution in [-0.2, 0) is 15.8 Å². The summed E-state index contributed by atoms with van der Waals surface area (Å²) in [7, 11) is 0. The fourth-order valence-corrected chi connectivity index (χ4v) is 1.23. The predicted octanol–water partition coefficient (Wildman–Crippen LogP) is 2.06. The fraction of sp³-hybridized carbons (Fsp3) is 0.167. The zero-order valence-corrected chi connectivity index (χ0v) is 9.87. The number of halogens is 4. The van der Waals surface area contributed by atoms with Crippen LogP contribution in [0.15, 0.2) is 24.3 Å². The molecule has 8 heteroatoms. The van der Waals surface area contributed by atoms with E-state index in [9.17, 15) is 27.2 Å². The average Bonchev–Trinajstić information content (AvgIpc) is 2.33. The van der Waals surface area contributed by atoms with Crippen LogP contribution in [-0.4, -0.2) is 23.5 Å². The summed E-state index contributed by atoms with van der Waals surface area (Å²) in [5, 5.41) is 10.3. The van der Waals surface area contributed by atoms with Gasteiger partial charge in [0.2, 0.25) is 5.91 Å². The molecular formula is C12H9F4NO3.